The van der Waals surface area contributed by atoms with Crippen molar-refractivity contribution < 1.29 is 13.5 Å². The number of nitrogens with zero attached hydrogens (tertiary/aromatic N) is 2. The summed E-state index contributed by atoms with van der Waals surface area (Å²) in [5, 5.41) is 9.67. The summed E-state index contributed by atoms with van der Waals surface area (Å²) in [7, 11) is -1.60. The van der Waals surface area contributed by atoms with Crippen molar-refractivity contribution in [1.29, 1.82) is 0 Å². The van der Waals surface area contributed by atoms with Crippen LogP contribution in [0.15, 0.2) is 17.0 Å². The lowest BCUT2D eigenvalue weighted by molar-refractivity contribution is 0.159. The fourth-order valence-corrected chi connectivity index (χ4v) is 4.62. The zero-order valence-electron chi connectivity index (χ0n) is 12.5. The van der Waals surface area contributed by atoms with E-state index in [1.165, 1.54) is 10.4 Å². The van der Waals surface area contributed by atoms with Crippen molar-refractivity contribution in [3.05, 3.63) is 28.3 Å². The van der Waals surface area contributed by atoms with Crippen LogP contribution in [0.4, 0.5) is 0 Å². The molecule has 118 valence electrons. The summed E-state index contributed by atoms with van der Waals surface area (Å²) in [4.78, 5) is 2.33. The predicted molar refractivity (Wildman–Crippen MR) is 83.0 cm³/mol. The van der Waals surface area contributed by atoms with Gasteiger partial charge in [0, 0.05) is 30.7 Å². The molecule has 21 heavy (non-hydrogen) atoms. The SMILES string of the molecule is Cc1c(CO)cc(Cl)cc1S(=O)(=O)N1CCN(C)C(C)C1. The van der Waals surface area contributed by atoms with Crippen LogP contribution in [-0.2, 0) is 16.6 Å². The van der Waals surface area contributed by atoms with Crippen molar-refractivity contribution in [2.75, 3.05) is 26.7 Å². The number of aliphatic hydroxyl groups excluding tert-OH is 1. The molecule has 0 aromatic heterocycles. The van der Waals surface area contributed by atoms with E-state index in [4.69, 9.17) is 11.6 Å². The molecule has 7 heteroatoms. The summed E-state index contributed by atoms with van der Waals surface area (Å²) in [6.07, 6.45) is 0. The molecule has 0 radical (unpaired) electrons. The molecule has 0 amide bonds. The van der Waals surface area contributed by atoms with Crippen LogP contribution in [0.3, 0.4) is 0 Å². The Hall–Kier alpha value is -0.660. The van der Waals surface area contributed by atoms with Crippen LogP contribution >= 0.6 is 11.6 Å². The maximum Gasteiger partial charge on any atom is 0.243 e. The second-order valence-corrected chi connectivity index (χ2v) is 7.88. The van der Waals surface area contributed by atoms with Gasteiger partial charge in [-0.05, 0) is 44.2 Å². The minimum Gasteiger partial charge on any atom is -0.392 e. The predicted octanol–water partition coefficient (Wildman–Crippen LogP) is 1.47. The summed E-state index contributed by atoms with van der Waals surface area (Å²) in [5.41, 5.74) is 1.11. The molecule has 1 unspecified atom stereocenters. The average molecular weight is 333 g/mol. The number of aliphatic hydroxyl groups is 1. The molecule has 1 fully saturated rings. The monoisotopic (exact) mass is 332 g/mol. The Balaban J connectivity index is 2.43. The quantitative estimate of drug-likeness (QED) is 0.910. The maximum absolute atomic E-state index is 12.8. The number of sulfonamides is 1. The lowest BCUT2D eigenvalue weighted by Gasteiger charge is -2.37. The van der Waals surface area contributed by atoms with E-state index in [-0.39, 0.29) is 17.5 Å². The van der Waals surface area contributed by atoms with Crippen molar-refractivity contribution in [1.82, 2.24) is 9.21 Å². The van der Waals surface area contributed by atoms with Crippen LogP contribution in [-0.4, -0.2) is 55.5 Å². The van der Waals surface area contributed by atoms with Gasteiger partial charge in [0.15, 0.2) is 0 Å². The normalized spacial score (nSPS) is 21.7. The Morgan fingerprint density at radius 2 is 2.05 bits per heavy atom. The van der Waals surface area contributed by atoms with E-state index in [0.29, 0.717) is 35.8 Å². The number of hydrogen-bond acceptors (Lipinski definition) is 4. The maximum atomic E-state index is 12.8. The summed E-state index contributed by atoms with van der Waals surface area (Å²) in [6.45, 7) is 5.10. The third kappa shape index (κ3) is 3.24. The first-order valence-corrected chi connectivity index (χ1v) is 8.69. The Morgan fingerprint density at radius 3 is 2.62 bits per heavy atom. The van der Waals surface area contributed by atoms with E-state index in [9.17, 15) is 13.5 Å². The number of rotatable bonds is 3. The van der Waals surface area contributed by atoms with Crippen molar-refractivity contribution in [2.24, 2.45) is 0 Å². The molecular formula is C14H21ClN2O3S. The highest BCUT2D eigenvalue weighted by molar-refractivity contribution is 7.89. The molecule has 1 saturated heterocycles. The van der Waals surface area contributed by atoms with Gasteiger partial charge in [0.05, 0.1) is 11.5 Å². The van der Waals surface area contributed by atoms with E-state index in [1.54, 1.807) is 13.0 Å². The molecule has 1 heterocycles. The molecule has 5 nitrogen and oxygen atoms in total. The number of hydrogen-bond donors (Lipinski definition) is 1. The number of benzene rings is 1. The summed E-state index contributed by atoms with van der Waals surface area (Å²) in [6, 6.07) is 3.24. The van der Waals surface area contributed by atoms with Gasteiger partial charge in [-0.2, -0.15) is 4.31 Å². The second kappa shape index (κ2) is 6.22. The molecular weight excluding hydrogens is 312 g/mol. The van der Waals surface area contributed by atoms with Crippen molar-refractivity contribution in [3.63, 3.8) is 0 Å². The molecule has 1 aromatic carbocycles. The highest BCUT2D eigenvalue weighted by atomic mass is 35.5. The molecule has 1 atom stereocenters. The van der Waals surface area contributed by atoms with Crippen molar-refractivity contribution in [2.45, 2.75) is 31.4 Å². The number of piperazine rings is 1. The summed E-state index contributed by atoms with van der Waals surface area (Å²) in [5.74, 6) is 0. The van der Waals surface area contributed by atoms with Gasteiger partial charge < -0.3 is 10.0 Å². The first-order chi connectivity index (χ1) is 9.77. The topological polar surface area (TPSA) is 60.9 Å². The van der Waals surface area contributed by atoms with Gasteiger partial charge >= 0.3 is 0 Å². The highest BCUT2D eigenvalue weighted by Crippen LogP contribution is 2.28. The Bertz CT molecular complexity index is 633. The lowest BCUT2D eigenvalue weighted by atomic mass is 10.1. The van der Waals surface area contributed by atoms with Gasteiger partial charge in [-0.3, -0.25) is 0 Å². The van der Waals surface area contributed by atoms with Crippen LogP contribution in [0.2, 0.25) is 5.02 Å². The third-order valence-electron chi connectivity index (χ3n) is 4.14. The minimum absolute atomic E-state index is 0.172. The van der Waals surface area contributed by atoms with E-state index < -0.39 is 10.0 Å². The van der Waals surface area contributed by atoms with Gasteiger partial charge in [-0.25, -0.2) is 8.42 Å². The first kappa shape index (κ1) is 16.7. The fourth-order valence-electron chi connectivity index (χ4n) is 2.51. The molecule has 0 saturated carbocycles. The molecule has 1 aliphatic heterocycles. The highest BCUT2D eigenvalue weighted by Gasteiger charge is 2.32. The smallest absolute Gasteiger partial charge is 0.243 e. The zero-order chi connectivity index (χ0) is 15.8. The van der Waals surface area contributed by atoms with Crippen LogP contribution in [0.5, 0.6) is 0 Å². The molecule has 1 aliphatic rings. The standard InChI is InChI=1S/C14H21ClN2O3S/c1-10-8-17(5-4-16(10)3)21(19,20)14-7-13(15)6-12(9-18)11(14)2/h6-7,10,18H,4-5,8-9H2,1-3H3. The third-order valence-corrected chi connectivity index (χ3v) is 6.35. The number of likely N-dealkylation sites (N-methyl/N-ethyl adjacent to an activating group) is 1. The molecule has 0 spiro atoms. The molecule has 2 rings (SSSR count). The van der Waals surface area contributed by atoms with E-state index in [1.807, 2.05) is 14.0 Å². The van der Waals surface area contributed by atoms with Crippen molar-refractivity contribution >= 4 is 21.6 Å². The van der Waals surface area contributed by atoms with Gasteiger partial charge in [0.1, 0.15) is 0 Å². The molecule has 1 aromatic rings. The molecule has 1 N–H and O–H groups in total. The lowest BCUT2D eigenvalue weighted by Crippen LogP contribution is -2.51. The first-order valence-electron chi connectivity index (χ1n) is 6.87. The molecule has 0 bridgehead atoms. The number of halogens is 1. The van der Waals surface area contributed by atoms with Crippen LogP contribution in [0, 0.1) is 6.92 Å². The largest absolute Gasteiger partial charge is 0.392 e. The van der Waals surface area contributed by atoms with Crippen LogP contribution < -0.4 is 0 Å². The average Bonchev–Trinajstić information content (AvgIpc) is 2.43. The Kier molecular flexibility index (Phi) is 4.95. The van der Waals surface area contributed by atoms with E-state index in [2.05, 4.69) is 4.90 Å². The second-order valence-electron chi connectivity index (χ2n) is 5.54. The van der Waals surface area contributed by atoms with Crippen LogP contribution in [0.25, 0.3) is 0 Å². The van der Waals surface area contributed by atoms with E-state index in [0.717, 1.165) is 0 Å². The van der Waals surface area contributed by atoms with Gasteiger partial charge in [0.25, 0.3) is 0 Å². The Labute approximate surface area is 131 Å². The molecule has 0 aliphatic carbocycles. The van der Waals surface area contributed by atoms with Gasteiger partial charge in [-0.15, -0.1) is 0 Å². The Morgan fingerprint density at radius 1 is 1.38 bits per heavy atom. The van der Waals surface area contributed by atoms with Crippen LogP contribution in [0.1, 0.15) is 18.1 Å². The van der Waals surface area contributed by atoms with Gasteiger partial charge in [-0.1, -0.05) is 11.6 Å². The van der Waals surface area contributed by atoms with Crippen molar-refractivity contribution in [3.8, 4) is 0 Å². The minimum atomic E-state index is -3.59. The van der Waals surface area contributed by atoms with Gasteiger partial charge in [0.2, 0.25) is 10.0 Å². The summed E-state index contributed by atoms with van der Waals surface area (Å²) < 4.78 is 27.2. The zero-order valence-corrected chi connectivity index (χ0v) is 14.1. The fraction of sp³-hybridized carbons (Fsp3) is 0.571. The van der Waals surface area contributed by atoms with E-state index >= 15 is 0 Å². The summed E-state index contributed by atoms with van der Waals surface area (Å²) >= 11 is 6.00.